The van der Waals surface area contributed by atoms with E-state index < -0.39 is 18.7 Å². The average Bonchev–Trinajstić information content (AvgIpc) is 2.06. The summed E-state index contributed by atoms with van der Waals surface area (Å²) in [6.45, 7) is -0.572. The third-order valence-electron chi connectivity index (χ3n) is 1.31. The molecule has 1 N–H and O–H groups in total. The van der Waals surface area contributed by atoms with Gasteiger partial charge in [-0.05, 0) is 15.9 Å². The number of rotatable bonds is 2. The van der Waals surface area contributed by atoms with E-state index in [-0.39, 0.29) is 10.0 Å². The number of halogens is 4. The number of aromatic nitrogens is 1. The maximum absolute atomic E-state index is 11.9. The van der Waals surface area contributed by atoms with E-state index in [0.717, 1.165) is 12.4 Å². The molecule has 0 saturated carbocycles. The zero-order valence-corrected chi connectivity index (χ0v) is 8.26. The Labute approximate surface area is 85.7 Å². The molecule has 78 valence electrons. The summed E-state index contributed by atoms with van der Waals surface area (Å²) in [5, 5.41) is 8.73. The lowest BCUT2D eigenvalue weighted by atomic mass is 10.3. The Morgan fingerprint density at radius 1 is 1.43 bits per heavy atom. The number of aliphatic hydroxyl groups is 1. The van der Waals surface area contributed by atoms with Gasteiger partial charge in [0.15, 0.2) is 5.75 Å². The molecule has 0 aliphatic heterocycles. The van der Waals surface area contributed by atoms with Gasteiger partial charge in [0.25, 0.3) is 0 Å². The first kappa shape index (κ1) is 11.3. The van der Waals surface area contributed by atoms with Crippen LogP contribution in [0, 0.1) is 0 Å². The first-order chi connectivity index (χ1) is 6.44. The Morgan fingerprint density at radius 3 is 2.57 bits per heavy atom. The second-order valence-corrected chi connectivity index (χ2v) is 3.17. The van der Waals surface area contributed by atoms with E-state index in [9.17, 15) is 13.2 Å². The van der Waals surface area contributed by atoms with Crippen LogP contribution in [0.1, 0.15) is 5.56 Å². The minimum Gasteiger partial charge on any atom is -0.404 e. The van der Waals surface area contributed by atoms with Crippen molar-refractivity contribution in [2.45, 2.75) is 13.0 Å². The third-order valence-corrected chi connectivity index (χ3v) is 1.88. The lowest BCUT2D eigenvalue weighted by Crippen LogP contribution is -2.18. The fraction of sp³-hybridized carbons (Fsp3) is 0.286. The van der Waals surface area contributed by atoms with Crippen LogP contribution in [0.25, 0.3) is 0 Å². The Kier molecular flexibility index (Phi) is 3.33. The molecule has 7 heteroatoms. The van der Waals surface area contributed by atoms with E-state index in [1.54, 1.807) is 0 Å². The van der Waals surface area contributed by atoms with E-state index in [2.05, 4.69) is 25.7 Å². The minimum absolute atomic E-state index is 0.0308. The van der Waals surface area contributed by atoms with Gasteiger partial charge in [0.1, 0.15) is 0 Å². The number of hydrogen-bond donors (Lipinski definition) is 1. The maximum atomic E-state index is 11.9. The van der Waals surface area contributed by atoms with Gasteiger partial charge in [0.2, 0.25) is 0 Å². The molecule has 0 saturated heterocycles. The smallest absolute Gasteiger partial charge is 0.404 e. The Balaban J connectivity index is 3.05. The summed E-state index contributed by atoms with van der Waals surface area (Å²) in [5.74, 6) is -0.463. The first-order valence-electron chi connectivity index (χ1n) is 3.43. The maximum Gasteiger partial charge on any atom is 0.573 e. The van der Waals surface area contributed by atoms with Gasteiger partial charge in [-0.15, -0.1) is 13.2 Å². The van der Waals surface area contributed by atoms with Crippen LogP contribution >= 0.6 is 15.9 Å². The number of aliphatic hydroxyl groups excluding tert-OH is 1. The molecule has 1 aromatic heterocycles. The molecule has 0 aliphatic rings. The van der Waals surface area contributed by atoms with Gasteiger partial charge < -0.3 is 9.84 Å². The molecular weight excluding hydrogens is 267 g/mol. The van der Waals surface area contributed by atoms with Gasteiger partial charge in [-0.2, -0.15) is 0 Å². The number of ether oxygens (including phenoxy) is 1. The molecule has 0 radical (unpaired) electrons. The van der Waals surface area contributed by atoms with Gasteiger partial charge in [0.05, 0.1) is 11.1 Å². The van der Waals surface area contributed by atoms with Crippen molar-refractivity contribution in [3.05, 3.63) is 22.4 Å². The second-order valence-electron chi connectivity index (χ2n) is 2.32. The Bertz CT molecular complexity index is 329. The highest BCUT2D eigenvalue weighted by atomic mass is 79.9. The molecule has 1 heterocycles. The molecule has 0 bridgehead atoms. The van der Waals surface area contributed by atoms with Crippen LogP contribution in [0.4, 0.5) is 13.2 Å². The number of alkyl halides is 3. The molecule has 0 fully saturated rings. The summed E-state index contributed by atoms with van der Waals surface area (Å²) in [6, 6.07) is 0. The van der Waals surface area contributed by atoms with Crippen LogP contribution in [0.5, 0.6) is 5.75 Å². The lowest BCUT2D eigenvalue weighted by Gasteiger charge is -2.12. The van der Waals surface area contributed by atoms with Crippen molar-refractivity contribution in [2.75, 3.05) is 0 Å². The van der Waals surface area contributed by atoms with Crippen LogP contribution in [-0.2, 0) is 6.61 Å². The van der Waals surface area contributed by atoms with Crippen molar-refractivity contribution in [1.82, 2.24) is 4.98 Å². The van der Waals surface area contributed by atoms with E-state index in [1.807, 2.05) is 0 Å². The average molecular weight is 272 g/mol. The summed E-state index contributed by atoms with van der Waals surface area (Å²) in [4.78, 5) is 3.59. The zero-order valence-electron chi connectivity index (χ0n) is 6.68. The van der Waals surface area contributed by atoms with E-state index in [4.69, 9.17) is 5.11 Å². The van der Waals surface area contributed by atoms with Crippen molar-refractivity contribution < 1.29 is 23.0 Å². The molecule has 1 rings (SSSR count). The highest BCUT2D eigenvalue weighted by Gasteiger charge is 2.33. The third kappa shape index (κ3) is 2.85. The summed E-state index contributed by atoms with van der Waals surface area (Å²) >= 11 is 2.84. The van der Waals surface area contributed by atoms with Crippen molar-refractivity contribution >= 4 is 15.9 Å². The predicted octanol–water partition coefficient (Wildman–Crippen LogP) is 2.23. The number of hydrogen-bond acceptors (Lipinski definition) is 3. The topological polar surface area (TPSA) is 42.4 Å². The van der Waals surface area contributed by atoms with Gasteiger partial charge >= 0.3 is 6.36 Å². The molecule has 3 nitrogen and oxygen atoms in total. The molecule has 0 aromatic carbocycles. The molecule has 0 amide bonds. The fourth-order valence-corrected chi connectivity index (χ4v) is 1.26. The predicted molar refractivity (Wildman–Crippen MR) is 44.5 cm³/mol. The largest absolute Gasteiger partial charge is 0.573 e. The Morgan fingerprint density at radius 2 is 2.07 bits per heavy atom. The summed E-state index contributed by atoms with van der Waals surface area (Å²) < 4.78 is 39.4. The SMILES string of the molecule is OCc1cncc(Br)c1OC(F)(F)F. The van der Waals surface area contributed by atoms with Gasteiger partial charge in [-0.25, -0.2) is 0 Å². The van der Waals surface area contributed by atoms with Gasteiger partial charge in [0, 0.05) is 18.0 Å². The number of nitrogens with zero attached hydrogens (tertiary/aromatic N) is 1. The lowest BCUT2D eigenvalue weighted by molar-refractivity contribution is -0.275. The molecule has 0 unspecified atom stereocenters. The molecule has 0 aliphatic carbocycles. The van der Waals surface area contributed by atoms with Gasteiger partial charge in [-0.1, -0.05) is 0 Å². The molecule has 0 spiro atoms. The highest BCUT2D eigenvalue weighted by Crippen LogP contribution is 2.32. The molecule has 1 aromatic rings. The summed E-state index contributed by atoms with van der Waals surface area (Å²) in [7, 11) is 0. The number of pyridine rings is 1. The standard InChI is InChI=1S/C7H5BrF3NO2/c8-5-2-12-1-4(3-13)6(5)14-7(9,10)11/h1-2,13H,3H2. The van der Waals surface area contributed by atoms with E-state index in [0.29, 0.717) is 0 Å². The highest BCUT2D eigenvalue weighted by molar-refractivity contribution is 9.10. The zero-order chi connectivity index (χ0) is 10.8. The molecule has 14 heavy (non-hydrogen) atoms. The monoisotopic (exact) mass is 271 g/mol. The van der Waals surface area contributed by atoms with Gasteiger partial charge in [-0.3, -0.25) is 4.98 Å². The van der Waals surface area contributed by atoms with E-state index in [1.165, 1.54) is 0 Å². The van der Waals surface area contributed by atoms with Crippen LogP contribution < -0.4 is 4.74 Å². The quantitative estimate of drug-likeness (QED) is 0.897. The van der Waals surface area contributed by atoms with Crippen molar-refractivity contribution in [1.29, 1.82) is 0 Å². The van der Waals surface area contributed by atoms with Crippen molar-refractivity contribution in [3.63, 3.8) is 0 Å². The minimum atomic E-state index is -4.78. The second kappa shape index (κ2) is 4.14. The normalized spacial score (nSPS) is 11.5. The van der Waals surface area contributed by atoms with Crippen molar-refractivity contribution in [3.8, 4) is 5.75 Å². The van der Waals surface area contributed by atoms with Crippen molar-refractivity contribution in [2.24, 2.45) is 0 Å². The van der Waals surface area contributed by atoms with Crippen LogP contribution in [0.15, 0.2) is 16.9 Å². The van der Waals surface area contributed by atoms with Crippen LogP contribution in [0.3, 0.4) is 0 Å². The Hall–Kier alpha value is -0.820. The first-order valence-corrected chi connectivity index (χ1v) is 4.22. The fourth-order valence-electron chi connectivity index (χ4n) is 0.806. The molecular formula is C7H5BrF3NO2. The van der Waals surface area contributed by atoms with E-state index >= 15 is 0 Å². The molecule has 0 atom stereocenters. The van der Waals surface area contributed by atoms with Crippen LogP contribution in [0.2, 0.25) is 0 Å². The summed E-state index contributed by atoms with van der Waals surface area (Å²) in [6.07, 6.45) is -2.53. The van der Waals surface area contributed by atoms with Crippen LogP contribution in [-0.4, -0.2) is 16.5 Å². The summed E-state index contributed by atoms with van der Waals surface area (Å²) in [5.41, 5.74) is -0.0308.